The third-order valence-corrected chi connectivity index (χ3v) is 5.16. The van der Waals surface area contributed by atoms with E-state index < -0.39 is 0 Å². The smallest absolute Gasteiger partial charge is 0.130 e. The van der Waals surface area contributed by atoms with E-state index in [-0.39, 0.29) is 6.17 Å². The number of rotatable bonds is 1. The number of aromatic nitrogens is 1. The summed E-state index contributed by atoms with van der Waals surface area (Å²) >= 11 is 3.60. The molecule has 0 fully saturated rings. The zero-order valence-electron chi connectivity index (χ0n) is 12.9. The SMILES string of the molecule is Brc1cccc(C2Nc3ccccc3-c3cc4ccccc4n32)c1. The predicted molar refractivity (Wildman–Crippen MR) is 103 cm³/mol. The van der Waals surface area contributed by atoms with Gasteiger partial charge in [-0.15, -0.1) is 0 Å². The van der Waals surface area contributed by atoms with Gasteiger partial charge in [0.2, 0.25) is 0 Å². The van der Waals surface area contributed by atoms with Crippen LogP contribution in [0, 0.1) is 0 Å². The number of para-hydroxylation sites is 2. The van der Waals surface area contributed by atoms with Gasteiger partial charge in [-0.3, -0.25) is 0 Å². The third-order valence-electron chi connectivity index (χ3n) is 4.67. The Morgan fingerprint density at radius 3 is 2.58 bits per heavy atom. The molecule has 3 heteroatoms. The molecular weight excluding hydrogens is 360 g/mol. The highest BCUT2D eigenvalue weighted by molar-refractivity contribution is 9.10. The van der Waals surface area contributed by atoms with Crippen molar-refractivity contribution in [2.75, 3.05) is 5.32 Å². The van der Waals surface area contributed by atoms with E-state index >= 15 is 0 Å². The van der Waals surface area contributed by atoms with Crippen LogP contribution in [0.25, 0.3) is 22.2 Å². The van der Waals surface area contributed by atoms with Gasteiger partial charge in [0.1, 0.15) is 6.17 Å². The minimum atomic E-state index is 0.0762. The zero-order chi connectivity index (χ0) is 16.1. The molecule has 1 N–H and O–H groups in total. The first-order valence-corrected chi connectivity index (χ1v) is 8.82. The lowest BCUT2D eigenvalue weighted by Crippen LogP contribution is -2.24. The summed E-state index contributed by atoms with van der Waals surface area (Å²) in [6.07, 6.45) is 0.0762. The summed E-state index contributed by atoms with van der Waals surface area (Å²) < 4.78 is 3.50. The van der Waals surface area contributed by atoms with Crippen molar-refractivity contribution in [1.82, 2.24) is 4.57 Å². The number of anilines is 1. The predicted octanol–water partition coefficient (Wildman–Crippen LogP) is 6.04. The van der Waals surface area contributed by atoms with Crippen LogP contribution in [-0.2, 0) is 0 Å². The molecule has 1 unspecified atom stereocenters. The van der Waals surface area contributed by atoms with Gasteiger partial charge in [0.25, 0.3) is 0 Å². The summed E-state index contributed by atoms with van der Waals surface area (Å²) in [4.78, 5) is 0. The summed E-state index contributed by atoms with van der Waals surface area (Å²) in [6.45, 7) is 0. The van der Waals surface area contributed by atoms with Gasteiger partial charge in [0, 0.05) is 21.1 Å². The van der Waals surface area contributed by atoms with Crippen molar-refractivity contribution in [2.24, 2.45) is 0 Å². The molecule has 2 heterocycles. The molecule has 5 rings (SSSR count). The Morgan fingerprint density at radius 1 is 0.833 bits per heavy atom. The molecule has 0 radical (unpaired) electrons. The molecule has 1 aliphatic rings. The quantitative estimate of drug-likeness (QED) is 0.429. The van der Waals surface area contributed by atoms with Gasteiger partial charge in [0.05, 0.1) is 11.2 Å². The second-order valence-electron chi connectivity index (χ2n) is 6.11. The fourth-order valence-corrected chi connectivity index (χ4v) is 4.03. The Morgan fingerprint density at radius 2 is 1.67 bits per heavy atom. The maximum atomic E-state index is 3.72. The minimum Gasteiger partial charge on any atom is -0.361 e. The van der Waals surface area contributed by atoms with E-state index in [4.69, 9.17) is 0 Å². The number of nitrogens with zero attached hydrogens (tertiary/aromatic N) is 1. The topological polar surface area (TPSA) is 17.0 Å². The molecule has 4 aromatic rings. The largest absolute Gasteiger partial charge is 0.361 e. The van der Waals surface area contributed by atoms with Gasteiger partial charge >= 0.3 is 0 Å². The monoisotopic (exact) mass is 374 g/mol. The van der Waals surface area contributed by atoms with Crippen LogP contribution in [0.2, 0.25) is 0 Å². The molecule has 0 spiro atoms. The Labute approximate surface area is 148 Å². The van der Waals surface area contributed by atoms with Crippen LogP contribution < -0.4 is 5.32 Å². The van der Waals surface area contributed by atoms with Gasteiger partial charge < -0.3 is 9.88 Å². The average molecular weight is 375 g/mol. The molecule has 3 aromatic carbocycles. The van der Waals surface area contributed by atoms with Crippen molar-refractivity contribution in [3.63, 3.8) is 0 Å². The summed E-state index contributed by atoms with van der Waals surface area (Å²) in [5, 5.41) is 4.99. The highest BCUT2D eigenvalue weighted by Crippen LogP contribution is 2.42. The van der Waals surface area contributed by atoms with E-state index in [0.29, 0.717) is 0 Å². The van der Waals surface area contributed by atoms with Crippen molar-refractivity contribution in [3.8, 4) is 11.3 Å². The van der Waals surface area contributed by atoms with Gasteiger partial charge in [0.15, 0.2) is 0 Å². The summed E-state index contributed by atoms with van der Waals surface area (Å²) in [5.41, 5.74) is 6.18. The molecule has 0 saturated heterocycles. The Bertz CT molecular complexity index is 1060. The van der Waals surface area contributed by atoms with Crippen molar-refractivity contribution >= 4 is 32.5 Å². The Balaban J connectivity index is 1.83. The van der Waals surface area contributed by atoms with Crippen LogP contribution in [0.1, 0.15) is 11.7 Å². The van der Waals surface area contributed by atoms with Crippen molar-refractivity contribution in [2.45, 2.75) is 6.17 Å². The summed E-state index contributed by atoms with van der Waals surface area (Å²) in [5.74, 6) is 0. The molecule has 0 aliphatic carbocycles. The molecular formula is C21H15BrN2. The number of hydrogen-bond acceptors (Lipinski definition) is 1. The number of fused-ring (bicyclic) bond motifs is 5. The lowest BCUT2D eigenvalue weighted by molar-refractivity contribution is 0.675. The second kappa shape index (κ2) is 5.25. The normalized spacial score (nSPS) is 15.6. The molecule has 24 heavy (non-hydrogen) atoms. The van der Waals surface area contributed by atoms with E-state index in [9.17, 15) is 0 Å². The number of halogens is 1. The number of nitrogens with one attached hydrogen (secondary N) is 1. The molecule has 116 valence electrons. The first-order valence-electron chi connectivity index (χ1n) is 8.03. The van der Waals surface area contributed by atoms with Gasteiger partial charge in [-0.2, -0.15) is 0 Å². The second-order valence-corrected chi connectivity index (χ2v) is 7.02. The van der Waals surface area contributed by atoms with Crippen molar-refractivity contribution in [1.29, 1.82) is 0 Å². The maximum absolute atomic E-state index is 3.72. The molecule has 0 amide bonds. The van der Waals surface area contributed by atoms with Gasteiger partial charge in [-0.25, -0.2) is 0 Å². The number of benzene rings is 3. The van der Waals surface area contributed by atoms with Crippen LogP contribution >= 0.6 is 15.9 Å². The molecule has 1 aliphatic heterocycles. The maximum Gasteiger partial charge on any atom is 0.130 e. The summed E-state index contributed by atoms with van der Waals surface area (Å²) in [7, 11) is 0. The Hall–Kier alpha value is -2.52. The van der Waals surface area contributed by atoms with E-state index in [1.54, 1.807) is 0 Å². The van der Waals surface area contributed by atoms with Crippen molar-refractivity contribution in [3.05, 3.63) is 88.9 Å². The van der Waals surface area contributed by atoms with Gasteiger partial charge in [-0.05, 0) is 35.9 Å². The van der Waals surface area contributed by atoms with E-state index in [1.807, 2.05) is 0 Å². The number of hydrogen-bond donors (Lipinski definition) is 1. The van der Waals surface area contributed by atoms with E-state index in [0.717, 1.165) is 4.47 Å². The van der Waals surface area contributed by atoms with E-state index in [1.165, 1.54) is 33.4 Å². The lowest BCUT2D eigenvalue weighted by atomic mass is 10.0. The molecule has 1 atom stereocenters. The fourth-order valence-electron chi connectivity index (χ4n) is 3.61. The first kappa shape index (κ1) is 13.9. The highest BCUT2D eigenvalue weighted by Gasteiger charge is 2.26. The highest BCUT2D eigenvalue weighted by atomic mass is 79.9. The van der Waals surface area contributed by atoms with Gasteiger partial charge in [-0.1, -0.05) is 64.5 Å². The molecule has 0 saturated carbocycles. The van der Waals surface area contributed by atoms with Crippen LogP contribution in [0.15, 0.2) is 83.3 Å². The zero-order valence-corrected chi connectivity index (χ0v) is 14.5. The van der Waals surface area contributed by atoms with Crippen LogP contribution in [-0.4, -0.2) is 4.57 Å². The average Bonchev–Trinajstić information content (AvgIpc) is 3.01. The third kappa shape index (κ3) is 2.01. The molecule has 2 nitrogen and oxygen atoms in total. The van der Waals surface area contributed by atoms with Crippen LogP contribution in [0.4, 0.5) is 5.69 Å². The van der Waals surface area contributed by atoms with Crippen molar-refractivity contribution < 1.29 is 0 Å². The van der Waals surface area contributed by atoms with Crippen LogP contribution in [0.5, 0.6) is 0 Å². The summed E-state index contributed by atoms with van der Waals surface area (Å²) in [6, 6.07) is 27.9. The first-order chi connectivity index (χ1) is 11.8. The molecule has 1 aromatic heterocycles. The standard InChI is InChI=1S/C21H15BrN2/c22-16-8-5-7-15(12-16)21-23-18-10-3-2-9-17(18)20-13-14-6-1-4-11-19(14)24(20)21/h1-13,21,23H. The van der Waals surface area contributed by atoms with Crippen LogP contribution in [0.3, 0.4) is 0 Å². The Kier molecular flexibility index (Phi) is 3.03. The lowest BCUT2D eigenvalue weighted by Gasteiger charge is -2.31. The molecule has 0 bridgehead atoms. The minimum absolute atomic E-state index is 0.0762. The van der Waals surface area contributed by atoms with E-state index in [2.05, 4.69) is 105 Å². The fraction of sp³-hybridized carbons (Fsp3) is 0.0476.